The summed E-state index contributed by atoms with van der Waals surface area (Å²) in [6, 6.07) is 7.96. The molecule has 4 rings (SSSR count). The molecule has 0 radical (unpaired) electrons. The Kier molecular flexibility index (Phi) is 4.75. The first-order valence-electron chi connectivity index (χ1n) is 9.19. The van der Waals surface area contributed by atoms with Crippen molar-refractivity contribution in [3.05, 3.63) is 59.2 Å². The highest BCUT2D eigenvalue weighted by atomic mass is 16.5. The van der Waals surface area contributed by atoms with Gasteiger partial charge in [-0.3, -0.25) is 0 Å². The van der Waals surface area contributed by atoms with Gasteiger partial charge in [0.2, 0.25) is 11.7 Å². The van der Waals surface area contributed by atoms with Crippen molar-refractivity contribution in [2.75, 3.05) is 25.7 Å². The number of aromatic amines is 1. The number of aromatic nitrogens is 3. The van der Waals surface area contributed by atoms with Crippen LogP contribution in [0.2, 0.25) is 0 Å². The van der Waals surface area contributed by atoms with Crippen LogP contribution in [0.15, 0.2) is 41.1 Å². The Labute approximate surface area is 167 Å². The van der Waals surface area contributed by atoms with Crippen molar-refractivity contribution in [1.82, 2.24) is 15.0 Å². The number of hydrogen-bond donors (Lipinski definition) is 3. The Bertz CT molecular complexity index is 1150. The molecular weight excluding hydrogens is 370 g/mol. The van der Waals surface area contributed by atoms with Gasteiger partial charge in [0.05, 0.1) is 20.1 Å². The second-order valence-corrected chi connectivity index (χ2v) is 6.83. The Balaban J connectivity index is 1.86. The number of fused-ring (bicyclic) bond motifs is 1. The SMILES string of the molecule is COc1cc(Cc2cnc(N)nc2N)c2cc(C(C)c3ccc[nH]3)oc2c1OC. The molecule has 0 aliphatic carbocycles. The van der Waals surface area contributed by atoms with Crippen LogP contribution in [0.5, 0.6) is 11.5 Å². The maximum absolute atomic E-state index is 6.24. The molecule has 0 saturated heterocycles. The molecular formula is C21H23N5O3. The topological polar surface area (TPSA) is 125 Å². The number of benzene rings is 1. The minimum atomic E-state index is 0.0471. The molecule has 0 spiro atoms. The van der Waals surface area contributed by atoms with Gasteiger partial charge in [-0.1, -0.05) is 0 Å². The molecule has 0 fully saturated rings. The molecule has 4 aromatic rings. The number of ether oxygens (including phenoxy) is 2. The van der Waals surface area contributed by atoms with Crippen molar-refractivity contribution in [2.45, 2.75) is 19.3 Å². The molecule has 5 N–H and O–H groups in total. The van der Waals surface area contributed by atoms with E-state index in [0.717, 1.165) is 28.0 Å². The molecule has 0 aliphatic rings. The summed E-state index contributed by atoms with van der Waals surface area (Å²) in [7, 11) is 3.19. The molecule has 3 aromatic heterocycles. The molecule has 150 valence electrons. The predicted molar refractivity (Wildman–Crippen MR) is 111 cm³/mol. The summed E-state index contributed by atoms with van der Waals surface area (Å²) in [5.74, 6) is 2.50. The number of nitrogens with one attached hydrogen (secondary N) is 1. The predicted octanol–water partition coefficient (Wildman–Crippen LogP) is 3.48. The van der Waals surface area contributed by atoms with Crippen molar-refractivity contribution < 1.29 is 13.9 Å². The summed E-state index contributed by atoms with van der Waals surface area (Å²) in [6.45, 7) is 2.08. The molecule has 8 heteroatoms. The third-order valence-corrected chi connectivity index (χ3v) is 5.07. The number of nitrogens with zero attached hydrogens (tertiary/aromatic N) is 2. The minimum Gasteiger partial charge on any atom is -0.493 e. The monoisotopic (exact) mass is 393 g/mol. The molecule has 29 heavy (non-hydrogen) atoms. The lowest BCUT2D eigenvalue weighted by Crippen LogP contribution is -2.04. The zero-order chi connectivity index (χ0) is 20.5. The number of hydrogen-bond acceptors (Lipinski definition) is 7. The van der Waals surface area contributed by atoms with Crippen molar-refractivity contribution >= 4 is 22.7 Å². The average Bonchev–Trinajstić information content (AvgIpc) is 3.39. The van der Waals surface area contributed by atoms with E-state index < -0.39 is 0 Å². The van der Waals surface area contributed by atoms with Crippen LogP contribution in [0, 0.1) is 0 Å². The van der Waals surface area contributed by atoms with E-state index >= 15 is 0 Å². The summed E-state index contributed by atoms with van der Waals surface area (Å²) in [5, 5.41) is 0.923. The highest BCUT2D eigenvalue weighted by molar-refractivity contribution is 5.90. The molecule has 1 aromatic carbocycles. The van der Waals surface area contributed by atoms with Crippen LogP contribution in [0.1, 0.15) is 35.4 Å². The summed E-state index contributed by atoms with van der Waals surface area (Å²) >= 11 is 0. The van der Waals surface area contributed by atoms with Crippen LogP contribution in [-0.2, 0) is 6.42 Å². The van der Waals surface area contributed by atoms with E-state index in [1.54, 1.807) is 20.4 Å². The molecule has 3 heterocycles. The largest absolute Gasteiger partial charge is 0.493 e. The van der Waals surface area contributed by atoms with E-state index in [0.29, 0.717) is 29.3 Å². The Morgan fingerprint density at radius 3 is 2.66 bits per heavy atom. The highest BCUT2D eigenvalue weighted by Gasteiger charge is 2.22. The number of anilines is 2. The lowest BCUT2D eigenvalue weighted by atomic mass is 10.00. The first kappa shape index (κ1) is 18.7. The zero-order valence-corrected chi connectivity index (χ0v) is 16.5. The fraction of sp³-hybridized carbons (Fsp3) is 0.238. The van der Waals surface area contributed by atoms with Crippen LogP contribution < -0.4 is 20.9 Å². The highest BCUT2D eigenvalue weighted by Crippen LogP contribution is 2.42. The average molecular weight is 393 g/mol. The molecule has 0 aliphatic heterocycles. The molecule has 1 unspecified atom stereocenters. The summed E-state index contributed by atoms with van der Waals surface area (Å²) in [5.41, 5.74) is 15.1. The van der Waals surface area contributed by atoms with Crippen LogP contribution in [0.3, 0.4) is 0 Å². The van der Waals surface area contributed by atoms with E-state index in [1.807, 2.05) is 30.5 Å². The van der Waals surface area contributed by atoms with Crippen molar-refractivity contribution in [3.8, 4) is 11.5 Å². The third kappa shape index (κ3) is 3.33. The van der Waals surface area contributed by atoms with Crippen LogP contribution in [0.4, 0.5) is 11.8 Å². The molecule has 1 atom stereocenters. The number of nitrogen functional groups attached to an aromatic ring is 2. The zero-order valence-electron chi connectivity index (χ0n) is 16.5. The van der Waals surface area contributed by atoms with Gasteiger partial charge in [0.15, 0.2) is 11.3 Å². The molecule has 0 saturated carbocycles. The van der Waals surface area contributed by atoms with E-state index in [2.05, 4.69) is 21.9 Å². The quantitative estimate of drug-likeness (QED) is 0.458. The summed E-state index contributed by atoms with van der Waals surface area (Å²) in [6.07, 6.45) is 4.04. The van der Waals surface area contributed by atoms with Crippen LogP contribution in [0.25, 0.3) is 11.0 Å². The van der Waals surface area contributed by atoms with Gasteiger partial charge in [-0.15, -0.1) is 0 Å². The van der Waals surface area contributed by atoms with Gasteiger partial charge < -0.3 is 30.3 Å². The lowest BCUT2D eigenvalue weighted by molar-refractivity contribution is 0.352. The minimum absolute atomic E-state index is 0.0471. The Morgan fingerprint density at radius 2 is 2.00 bits per heavy atom. The second-order valence-electron chi connectivity index (χ2n) is 6.83. The maximum atomic E-state index is 6.24. The van der Waals surface area contributed by atoms with Crippen LogP contribution in [-0.4, -0.2) is 29.2 Å². The van der Waals surface area contributed by atoms with Crippen molar-refractivity contribution in [3.63, 3.8) is 0 Å². The van der Waals surface area contributed by atoms with Crippen molar-refractivity contribution in [1.29, 1.82) is 0 Å². The van der Waals surface area contributed by atoms with Gasteiger partial charge in [-0.05, 0) is 36.8 Å². The van der Waals surface area contributed by atoms with E-state index in [-0.39, 0.29) is 11.9 Å². The van der Waals surface area contributed by atoms with Crippen LogP contribution >= 0.6 is 0 Å². The fourth-order valence-corrected chi connectivity index (χ4v) is 3.48. The fourth-order valence-electron chi connectivity index (χ4n) is 3.48. The number of furan rings is 1. The Morgan fingerprint density at radius 1 is 1.17 bits per heavy atom. The normalized spacial score (nSPS) is 12.2. The summed E-state index contributed by atoms with van der Waals surface area (Å²) < 4.78 is 17.4. The molecule has 8 nitrogen and oxygen atoms in total. The Hall–Kier alpha value is -3.68. The first-order chi connectivity index (χ1) is 14.0. The van der Waals surface area contributed by atoms with E-state index in [1.165, 1.54) is 0 Å². The van der Waals surface area contributed by atoms with E-state index in [9.17, 15) is 0 Å². The number of nitrogens with two attached hydrogens (primary N) is 2. The molecule has 0 bridgehead atoms. The standard InChI is InChI=1S/C21H23N5O3/c1-11(15-5-4-6-24-15)16-9-14-12(7-13-10-25-21(23)26-20(13)22)8-17(27-2)19(28-3)18(14)29-16/h4-6,8-11,24H,7H2,1-3H3,(H4,22,23,25,26). The van der Waals surface area contributed by atoms with Gasteiger partial charge in [0.1, 0.15) is 11.6 Å². The smallest absolute Gasteiger partial charge is 0.221 e. The van der Waals surface area contributed by atoms with Gasteiger partial charge >= 0.3 is 0 Å². The maximum Gasteiger partial charge on any atom is 0.221 e. The number of rotatable bonds is 6. The second kappa shape index (κ2) is 7.38. The van der Waals surface area contributed by atoms with Gasteiger partial charge in [0.25, 0.3) is 0 Å². The number of H-pyrrole nitrogens is 1. The third-order valence-electron chi connectivity index (χ3n) is 5.07. The van der Waals surface area contributed by atoms with Crippen molar-refractivity contribution in [2.24, 2.45) is 0 Å². The van der Waals surface area contributed by atoms with Gasteiger partial charge in [-0.25, -0.2) is 4.98 Å². The summed E-state index contributed by atoms with van der Waals surface area (Å²) in [4.78, 5) is 11.4. The van der Waals surface area contributed by atoms with E-state index in [4.69, 9.17) is 25.4 Å². The lowest BCUT2D eigenvalue weighted by Gasteiger charge is -2.12. The van der Waals surface area contributed by atoms with Gasteiger partial charge in [-0.2, -0.15) is 4.98 Å². The number of methoxy groups -OCH3 is 2. The van der Waals surface area contributed by atoms with Gasteiger partial charge in [0, 0.05) is 35.5 Å². The molecule has 0 amide bonds. The first-order valence-corrected chi connectivity index (χ1v) is 9.19.